The molecule has 0 amide bonds. The Labute approximate surface area is 189 Å². The van der Waals surface area contributed by atoms with E-state index in [0.29, 0.717) is 24.4 Å². The monoisotopic (exact) mass is 464 g/mol. The normalized spacial score (nSPS) is 9.62. The molecule has 9 heteroatoms. The molecule has 2 aromatic heterocycles. The minimum Gasteiger partial charge on any atom is -0.321 e. The Balaban J connectivity index is 0.000000789. The van der Waals surface area contributed by atoms with Crippen LogP contribution in [0.2, 0.25) is 0 Å². The van der Waals surface area contributed by atoms with Gasteiger partial charge in [-0.05, 0) is 23.4 Å². The number of H-pyrrole nitrogens is 1. The number of hydrogen-bond acceptors (Lipinski definition) is 4. The molecule has 4 rings (SSSR count). The number of aromatic nitrogens is 4. The van der Waals surface area contributed by atoms with Crippen molar-refractivity contribution in [1.29, 1.82) is 0 Å². The molecule has 2 heterocycles. The fraction of sp³-hybridized carbons (Fsp3) is 0.261. The van der Waals surface area contributed by atoms with Gasteiger partial charge in [-0.3, -0.25) is 13.6 Å². The quantitative estimate of drug-likeness (QED) is 0.394. The summed E-state index contributed by atoms with van der Waals surface area (Å²) in [5.41, 5.74) is 2.32. The van der Waals surface area contributed by atoms with Gasteiger partial charge in [0.25, 0.3) is 5.56 Å². The summed E-state index contributed by atoms with van der Waals surface area (Å²) < 4.78 is 33.5. The first-order valence-corrected chi connectivity index (χ1v) is 10.6. The lowest BCUT2D eigenvalue weighted by atomic mass is 10.0. The van der Waals surface area contributed by atoms with Crippen LogP contribution in [0.25, 0.3) is 22.0 Å². The zero-order chi connectivity index (χ0) is 24.1. The zero-order valence-electron chi connectivity index (χ0n) is 18.7. The number of alkyl halides is 3. The molecule has 0 radical (unpaired) electrons. The van der Waals surface area contributed by atoms with Gasteiger partial charge in [-0.2, -0.15) is 0 Å². The molecule has 0 unspecified atom stereocenters. The predicted octanol–water partition coefficient (Wildman–Crippen LogP) is 6.14. The van der Waals surface area contributed by atoms with Crippen LogP contribution >= 0.6 is 11.8 Å². The maximum Gasteiger partial charge on any atom is 0.263 e. The summed E-state index contributed by atoms with van der Waals surface area (Å²) in [7, 11) is 2.69. The second kappa shape index (κ2) is 14.1. The van der Waals surface area contributed by atoms with Crippen LogP contribution < -0.4 is 5.56 Å². The average molecular weight is 465 g/mol. The second-order valence-corrected chi connectivity index (χ2v) is 6.74. The first-order valence-electron chi connectivity index (χ1n) is 9.77. The third kappa shape index (κ3) is 6.00. The number of hydrogen-bond donors (Lipinski definition) is 1. The highest BCUT2D eigenvalue weighted by atomic mass is 32.2. The number of benzene rings is 2. The lowest BCUT2D eigenvalue weighted by Crippen LogP contribution is -2.11. The van der Waals surface area contributed by atoms with E-state index >= 15 is 0 Å². The molecule has 0 aliphatic heterocycles. The van der Waals surface area contributed by atoms with E-state index in [4.69, 9.17) is 0 Å². The van der Waals surface area contributed by atoms with Crippen LogP contribution in [0.3, 0.4) is 0 Å². The van der Waals surface area contributed by atoms with E-state index in [1.54, 1.807) is 11.6 Å². The van der Waals surface area contributed by atoms with Crippen LogP contribution in [0.4, 0.5) is 13.2 Å². The second-order valence-electron chi connectivity index (χ2n) is 5.76. The SMILES string of the molecule is CC.CF.CF.Cn1c(CF)nnc1Sc1c(-c2ccccc2)c2ccccc2[nH]c1=O. The molecule has 5 nitrogen and oxygen atoms in total. The van der Waals surface area contributed by atoms with Crippen molar-refractivity contribution in [3.63, 3.8) is 0 Å². The highest BCUT2D eigenvalue weighted by Gasteiger charge is 2.19. The maximum atomic E-state index is 13.0. The van der Waals surface area contributed by atoms with Gasteiger partial charge >= 0.3 is 0 Å². The van der Waals surface area contributed by atoms with Crippen molar-refractivity contribution in [3.05, 3.63) is 70.8 Å². The standard InChI is InChI=1S/C19H15FN4OS.C2H6.2CH3F/c1-24-15(11-20)22-23-19(24)26-17-16(12-7-3-2-4-8-12)13-9-5-6-10-14(13)21-18(17)25;3*1-2/h2-10H,11H2,1H3,(H,21,25);1-2H3;2*1H3. The number of fused-ring (bicyclic) bond motifs is 1. The highest BCUT2D eigenvalue weighted by molar-refractivity contribution is 7.99. The highest BCUT2D eigenvalue weighted by Crippen LogP contribution is 2.37. The molecule has 0 bridgehead atoms. The van der Waals surface area contributed by atoms with Gasteiger partial charge in [0.1, 0.15) is 6.67 Å². The van der Waals surface area contributed by atoms with Gasteiger partial charge in [0.05, 0.1) is 19.3 Å². The smallest absolute Gasteiger partial charge is 0.263 e. The van der Waals surface area contributed by atoms with Crippen molar-refractivity contribution >= 4 is 22.7 Å². The molecule has 0 aliphatic rings. The lowest BCUT2D eigenvalue weighted by molar-refractivity contribution is 0.451. The van der Waals surface area contributed by atoms with Crippen LogP contribution in [0.15, 0.2) is 69.4 Å². The number of halogens is 3. The van der Waals surface area contributed by atoms with Gasteiger partial charge in [0.2, 0.25) is 0 Å². The molecule has 0 aliphatic carbocycles. The molecule has 32 heavy (non-hydrogen) atoms. The Kier molecular flexibility index (Phi) is 11.9. The maximum absolute atomic E-state index is 13.0. The number of nitrogens with zero attached hydrogens (tertiary/aromatic N) is 3. The molecule has 0 fully saturated rings. The Morgan fingerprint density at radius 2 is 1.53 bits per heavy atom. The fourth-order valence-electron chi connectivity index (χ4n) is 2.86. The van der Waals surface area contributed by atoms with E-state index in [-0.39, 0.29) is 11.4 Å². The number of rotatable bonds is 4. The molecule has 4 aromatic rings. The van der Waals surface area contributed by atoms with Crippen LogP contribution in [0.5, 0.6) is 0 Å². The summed E-state index contributed by atoms with van der Waals surface area (Å²) >= 11 is 1.19. The summed E-state index contributed by atoms with van der Waals surface area (Å²) in [6.07, 6.45) is 0. The molecular weight excluding hydrogens is 437 g/mol. The van der Waals surface area contributed by atoms with Crippen molar-refractivity contribution in [1.82, 2.24) is 19.7 Å². The minimum absolute atomic E-state index is 0.211. The summed E-state index contributed by atoms with van der Waals surface area (Å²) in [6.45, 7) is 3.30. The Morgan fingerprint density at radius 3 is 2.12 bits per heavy atom. The summed E-state index contributed by atoms with van der Waals surface area (Å²) in [4.78, 5) is 16.2. The largest absolute Gasteiger partial charge is 0.321 e. The van der Waals surface area contributed by atoms with Gasteiger partial charge < -0.3 is 9.55 Å². The molecule has 2 aromatic carbocycles. The van der Waals surface area contributed by atoms with Crippen LogP contribution in [-0.2, 0) is 13.7 Å². The van der Waals surface area contributed by atoms with Crippen molar-refractivity contribution in [2.45, 2.75) is 30.6 Å². The number of pyridine rings is 1. The lowest BCUT2D eigenvalue weighted by Gasteiger charge is -2.12. The molecule has 0 saturated heterocycles. The van der Waals surface area contributed by atoms with E-state index in [0.717, 1.165) is 22.0 Å². The number of nitrogens with one attached hydrogen (secondary N) is 1. The van der Waals surface area contributed by atoms with E-state index in [1.165, 1.54) is 11.8 Å². The average Bonchev–Trinajstić information content (AvgIpc) is 3.23. The molecule has 172 valence electrons. The molecule has 0 atom stereocenters. The minimum atomic E-state index is -0.705. The van der Waals surface area contributed by atoms with Gasteiger partial charge in [-0.1, -0.05) is 62.4 Å². The van der Waals surface area contributed by atoms with Crippen molar-refractivity contribution < 1.29 is 13.2 Å². The van der Waals surface area contributed by atoms with Crippen LogP contribution in [0, 0.1) is 0 Å². The Hall–Kier alpha value is -3.07. The third-order valence-electron chi connectivity index (χ3n) is 4.18. The third-order valence-corrected chi connectivity index (χ3v) is 5.31. The van der Waals surface area contributed by atoms with Gasteiger partial charge in [-0.15, -0.1) is 10.2 Å². The number of para-hydroxylation sites is 1. The fourth-order valence-corrected chi connectivity index (χ4v) is 3.84. The summed E-state index contributed by atoms with van der Waals surface area (Å²) in [5, 5.41) is 9.26. The first kappa shape index (κ1) is 27.0. The van der Waals surface area contributed by atoms with E-state index in [2.05, 4.69) is 15.2 Å². The van der Waals surface area contributed by atoms with Crippen LogP contribution in [-0.4, -0.2) is 34.1 Å². The summed E-state index contributed by atoms with van der Waals surface area (Å²) in [5.74, 6) is 0.228. The number of aromatic amines is 1. The van der Waals surface area contributed by atoms with E-state index in [1.807, 2.05) is 68.4 Å². The molecule has 0 saturated carbocycles. The Bertz CT molecular complexity index is 1150. The van der Waals surface area contributed by atoms with Crippen molar-refractivity contribution in [2.24, 2.45) is 7.05 Å². The molecule has 1 N–H and O–H groups in total. The van der Waals surface area contributed by atoms with Crippen LogP contribution in [0.1, 0.15) is 19.7 Å². The van der Waals surface area contributed by atoms with Crippen molar-refractivity contribution in [3.8, 4) is 11.1 Å². The topological polar surface area (TPSA) is 63.6 Å². The van der Waals surface area contributed by atoms with Crippen molar-refractivity contribution in [2.75, 3.05) is 14.4 Å². The predicted molar refractivity (Wildman–Crippen MR) is 125 cm³/mol. The van der Waals surface area contributed by atoms with E-state index in [9.17, 15) is 18.0 Å². The molecular formula is C23H27F3N4OS. The zero-order valence-corrected chi connectivity index (χ0v) is 19.5. The summed E-state index contributed by atoms with van der Waals surface area (Å²) in [6, 6.07) is 17.4. The first-order chi connectivity index (χ1) is 15.7. The van der Waals surface area contributed by atoms with Gasteiger partial charge in [0, 0.05) is 23.5 Å². The van der Waals surface area contributed by atoms with E-state index < -0.39 is 6.67 Å². The Morgan fingerprint density at radius 1 is 0.938 bits per heavy atom. The van der Waals surface area contributed by atoms with Gasteiger partial charge in [0.15, 0.2) is 11.0 Å². The molecule has 0 spiro atoms. The van der Waals surface area contributed by atoms with Gasteiger partial charge in [-0.25, -0.2) is 4.39 Å².